The largest absolute Gasteiger partial charge is 0.493 e. The summed E-state index contributed by atoms with van der Waals surface area (Å²) in [4.78, 5) is 24.8. The predicted octanol–water partition coefficient (Wildman–Crippen LogP) is 5.77. The summed E-state index contributed by atoms with van der Waals surface area (Å²) in [5, 5.41) is 12.5. The number of fused-ring (bicyclic) bond motifs is 1. The molecule has 5 nitrogen and oxygen atoms in total. The van der Waals surface area contributed by atoms with Crippen LogP contribution >= 0.6 is 0 Å². The van der Waals surface area contributed by atoms with Crippen LogP contribution in [0.3, 0.4) is 0 Å². The Bertz CT molecular complexity index is 1270. The summed E-state index contributed by atoms with van der Waals surface area (Å²) in [5.41, 5.74) is 6.49. The summed E-state index contributed by atoms with van der Waals surface area (Å²) in [6, 6.07) is 17.0. The molecule has 1 amide bonds. The number of ether oxygens (including phenoxy) is 1. The second-order valence-electron chi connectivity index (χ2n) is 8.82. The molecule has 0 bridgehead atoms. The number of hydrogen-bond acceptors (Lipinski definition) is 3. The van der Waals surface area contributed by atoms with Crippen molar-refractivity contribution in [3.8, 4) is 16.9 Å². The van der Waals surface area contributed by atoms with Crippen molar-refractivity contribution >= 4 is 17.6 Å². The second kappa shape index (κ2) is 7.52. The van der Waals surface area contributed by atoms with Gasteiger partial charge < -0.3 is 15.2 Å². The lowest BCUT2D eigenvalue weighted by Gasteiger charge is -2.18. The fraction of sp³-hybridized carbons (Fsp3) is 0.259. The van der Waals surface area contributed by atoms with E-state index in [2.05, 4.69) is 11.4 Å². The number of carboxylic acids is 1. The Hall–Kier alpha value is -3.60. The molecular formula is C27H29NO4. The highest BCUT2D eigenvalue weighted by Gasteiger charge is 2.51. The van der Waals surface area contributed by atoms with Crippen LogP contribution in [0.25, 0.3) is 11.1 Å². The SMILES string of the molecule is Cc1ccc(NC(=O)C2(c3ccc4c(c3)CCO4)CC2)cc1-c1cc(C(=O)O)ccc1C.[HH].[HH]. The molecule has 0 saturated heterocycles. The zero-order valence-electron chi connectivity index (χ0n) is 18.2. The smallest absolute Gasteiger partial charge is 0.335 e. The van der Waals surface area contributed by atoms with Gasteiger partial charge in [0.05, 0.1) is 17.6 Å². The molecule has 1 aliphatic carbocycles. The van der Waals surface area contributed by atoms with Crippen molar-refractivity contribution < 1.29 is 22.3 Å². The normalized spacial score (nSPS) is 15.6. The van der Waals surface area contributed by atoms with Crippen LogP contribution in [-0.4, -0.2) is 23.6 Å². The fourth-order valence-electron chi connectivity index (χ4n) is 4.54. The molecule has 2 aliphatic rings. The summed E-state index contributed by atoms with van der Waals surface area (Å²) >= 11 is 0. The number of carbonyl (C=O) groups is 2. The maximum Gasteiger partial charge on any atom is 0.335 e. The molecule has 1 aliphatic heterocycles. The predicted molar refractivity (Wildman–Crippen MR) is 128 cm³/mol. The molecular weight excluding hydrogens is 402 g/mol. The molecule has 0 atom stereocenters. The number of nitrogens with one attached hydrogen (secondary N) is 1. The van der Waals surface area contributed by atoms with E-state index in [1.807, 2.05) is 50.2 Å². The summed E-state index contributed by atoms with van der Waals surface area (Å²) in [7, 11) is 0. The topological polar surface area (TPSA) is 75.6 Å². The molecule has 0 spiro atoms. The lowest BCUT2D eigenvalue weighted by molar-refractivity contribution is -0.118. The maximum absolute atomic E-state index is 13.3. The Labute approximate surface area is 190 Å². The highest BCUT2D eigenvalue weighted by Crippen LogP contribution is 2.50. The first-order valence-electron chi connectivity index (χ1n) is 10.9. The number of hydrogen-bond donors (Lipinski definition) is 2. The van der Waals surface area contributed by atoms with Gasteiger partial charge in [-0.05, 0) is 90.4 Å². The molecule has 32 heavy (non-hydrogen) atoms. The molecule has 3 aromatic rings. The van der Waals surface area contributed by atoms with E-state index in [1.165, 1.54) is 5.56 Å². The number of benzene rings is 3. The van der Waals surface area contributed by atoms with Gasteiger partial charge in [-0.3, -0.25) is 4.79 Å². The van der Waals surface area contributed by atoms with Gasteiger partial charge in [-0.1, -0.05) is 24.3 Å². The number of rotatable bonds is 5. The first-order chi connectivity index (χ1) is 15.4. The Morgan fingerprint density at radius 2 is 1.69 bits per heavy atom. The number of aryl methyl sites for hydroxylation is 2. The van der Waals surface area contributed by atoms with Crippen molar-refractivity contribution in [3.63, 3.8) is 0 Å². The zero-order valence-corrected chi connectivity index (χ0v) is 18.2. The molecule has 1 heterocycles. The summed E-state index contributed by atoms with van der Waals surface area (Å²) in [6.45, 7) is 4.65. The number of amides is 1. The standard InChI is InChI=1S/C27H25NO4.2H2/c1-16-3-5-19(25(29)30)14-22(16)23-15-21(7-4-17(23)2)28-26(31)27(10-11-27)20-6-8-24-18(13-20)9-12-32-24;;/h3-8,13-15H,9-12H2,1-2H3,(H,28,31)(H,29,30);2*1H. The van der Waals surface area contributed by atoms with Crippen molar-refractivity contribution in [1.29, 1.82) is 0 Å². The summed E-state index contributed by atoms with van der Waals surface area (Å²) in [5.74, 6) is -0.0296. The van der Waals surface area contributed by atoms with Crippen molar-refractivity contribution in [3.05, 3.63) is 82.4 Å². The van der Waals surface area contributed by atoms with Gasteiger partial charge in [0, 0.05) is 15.0 Å². The third-order valence-electron chi connectivity index (χ3n) is 6.70. The molecule has 5 rings (SSSR count). The van der Waals surface area contributed by atoms with Gasteiger partial charge in [-0.25, -0.2) is 4.79 Å². The highest BCUT2D eigenvalue weighted by atomic mass is 16.5. The highest BCUT2D eigenvalue weighted by molar-refractivity contribution is 6.02. The first kappa shape index (κ1) is 20.3. The van der Waals surface area contributed by atoms with Crippen molar-refractivity contribution in [2.75, 3.05) is 11.9 Å². The Morgan fingerprint density at radius 1 is 0.969 bits per heavy atom. The Balaban J connectivity index is 0.00000162. The quantitative estimate of drug-likeness (QED) is 0.538. The molecule has 5 heteroatoms. The van der Waals surface area contributed by atoms with Crippen LogP contribution < -0.4 is 10.1 Å². The van der Waals surface area contributed by atoms with Crippen LogP contribution in [0.4, 0.5) is 5.69 Å². The number of anilines is 1. The fourth-order valence-corrected chi connectivity index (χ4v) is 4.54. The van der Waals surface area contributed by atoms with E-state index in [1.54, 1.807) is 12.1 Å². The Kier molecular flexibility index (Phi) is 4.77. The molecule has 166 valence electrons. The van der Waals surface area contributed by atoms with E-state index >= 15 is 0 Å². The minimum absolute atomic E-state index is 0. The number of carbonyl (C=O) groups excluding carboxylic acids is 1. The van der Waals surface area contributed by atoms with E-state index in [0.29, 0.717) is 12.3 Å². The van der Waals surface area contributed by atoms with Crippen LogP contribution in [0, 0.1) is 13.8 Å². The van der Waals surface area contributed by atoms with Crippen LogP contribution in [0.15, 0.2) is 54.6 Å². The van der Waals surface area contributed by atoms with Crippen LogP contribution in [0.2, 0.25) is 0 Å². The van der Waals surface area contributed by atoms with Gasteiger partial charge in [0.25, 0.3) is 0 Å². The minimum Gasteiger partial charge on any atom is -0.493 e. The molecule has 0 unspecified atom stereocenters. The third-order valence-corrected chi connectivity index (χ3v) is 6.70. The number of aromatic carboxylic acids is 1. The lowest BCUT2D eigenvalue weighted by Crippen LogP contribution is -2.27. The van der Waals surface area contributed by atoms with Crippen LogP contribution in [0.1, 0.15) is 48.3 Å². The molecule has 0 radical (unpaired) electrons. The molecule has 0 aromatic heterocycles. The Morgan fingerprint density at radius 3 is 2.41 bits per heavy atom. The minimum atomic E-state index is -0.955. The van der Waals surface area contributed by atoms with Crippen LogP contribution in [-0.2, 0) is 16.6 Å². The van der Waals surface area contributed by atoms with Crippen LogP contribution in [0.5, 0.6) is 5.75 Å². The van der Waals surface area contributed by atoms with E-state index in [0.717, 1.165) is 52.8 Å². The van der Waals surface area contributed by atoms with Crippen molar-refractivity contribution in [2.24, 2.45) is 0 Å². The zero-order chi connectivity index (χ0) is 22.5. The molecule has 3 aromatic carbocycles. The maximum atomic E-state index is 13.3. The van der Waals surface area contributed by atoms with E-state index in [-0.39, 0.29) is 14.3 Å². The monoisotopic (exact) mass is 431 g/mol. The molecule has 1 saturated carbocycles. The average molecular weight is 432 g/mol. The van der Waals surface area contributed by atoms with Crippen molar-refractivity contribution in [2.45, 2.75) is 38.5 Å². The van der Waals surface area contributed by atoms with Gasteiger partial charge in [0.15, 0.2) is 0 Å². The van der Waals surface area contributed by atoms with Gasteiger partial charge in [-0.2, -0.15) is 0 Å². The van der Waals surface area contributed by atoms with Gasteiger partial charge in [0.2, 0.25) is 5.91 Å². The molecule has 2 N–H and O–H groups in total. The molecule has 1 fully saturated rings. The number of carboxylic acid groups (broad SMARTS) is 1. The van der Waals surface area contributed by atoms with E-state index in [4.69, 9.17) is 4.74 Å². The average Bonchev–Trinajstić information content (AvgIpc) is 3.46. The second-order valence-corrected chi connectivity index (χ2v) is 8.82. The summed E-state index contributed by atoms with van der Waals surface area (Å²) in [6.07, 6.45) is 2.55. The summed E-state index contributed by atoms with van der Waals surface area (Å²) < 4.78 is 5.60. The van der Waals surface area contributed by atoms with E-state index in [9.17, 15) is 14.7 Å². The van der Waals surface area contributed by atoms with Gasteiger partial charge in [0.1, 0.15) is 5.75 Å². The van der Waals surface area contributed by atoms with Gasteiger partial charge >= 0.3 is 5.97 Å². The first-order valence-corrected chi connectivity index (χ1v) is 10.9. The van der Waals surface area contributed by atoms with Crippen molar-refractivity contribution in [1.82, 2.24) is 0 Å². The van der Waals surface area contributed by atoms with Gasteiger partial charge in [-0.15, -0.1) is 0 Å². The van der Waals surface area contributed by atoms with E-state index < -0.39 is 11.4 Å². The lowest BCUT2D eigenvalue weighted by atomic mass is 9.92. The third kappa shape index (κ3) is 3.44.